The lowest BCUT2D eigenvalue weighted by molar-refractivity contribution is -0.0499. The fourth-order valence-electron chi connectivity index (χ4n) is 1.53. The normalized spacial score (nSPS) is 15.1. The highest BCUT2D eigenvalue weighted by molar-refractivity contribution is 9.10. The zero-order valence-corrected chi connectivity index (χ0v) is 10.5. The van der Waals surface area contributed by atoms with Crippen molar-refractivity contribution in [2.24, 2.45) is 5.92 Å². The molecule has 1 saturated carbocycles. The van der Waals surface area contributed by atoms with Crippen LogP contribution in [0.15, 0.2) is 22.7 Å². The molecule has 17 heavy (non-hydrogen) atoms. The molecule has 0 aromatic heterocycles. The molecule has 1 aromatic carbocycles. The minimum Gasteiger partial charge on any atom is -0.433 e. The first-order valence-electron chi connectivity index (χ1n) is 5.27. The van der Waals surface area contributed by atoms with Gasteiger partial charge in [0.05, 0.1) is 0 Å². The molecule has 0 atom stereocenters. The molecule has 0 heterocycles. The molecule has 2 rings (SSSR count). The van der Waals surface area contributed by atoms with Gasteiger partial charge in [0.15, 0.2) is 5.75 Å². The molecule has 0 aliphatic heterocycles. The molecule has 1 aliphatic carbocycles. The number of halogens is 3. The minimum absolute atomic E-state index is 0.0219. The van der Waals surface area contributed by atoms with Crippen molar-refractivity contribution >= 4 is 21.6 Å². The van der Waals surface area contributed by atoms with E-state index in [2.05, 4.69) is 20.7 Å². The molecule has 0 saturated heterocycles. The van der Waals surface area contributed by atoms with Crippen molar-refractivity contribution in [2.45, 2.75) is 19.5 Å². The van der Waals surface area contributed by atoms with Crippen molar-refractivity contribution in [3.63, 3.8) is 0 Å². The Balaban J connectivity index is 2.18. The number of anilines is 1. The molecule has 3 nitrogen and oxygen atoms in total. The fourth-order valence-corrected chi connectivity index (χ4v) is 1.88. The Morgan fingerprint density at radius 2 is 2.18 bits per heavy atom. The van der Waals surface area contributed by atoms with Gasteiger partial charge in [0, 0.05) is 11.0 Å². The van der Waals surface area contributed by atoms with Gasteiger partial charge in [0.2, 0.25) is 0 Å². The molecule has 0 radical (unpaired) electrons. The average Bonchev–Trinajstić information content (AvgIpc) is 3.03. The summed E-state index contributed by atoms with van der Waals surface area (Å²) in [5, 5.41) is 10.8. The predicted octanol–water partition coefficient (Wildman–Crippen LogP) is 3.66. The number of alkyl halides is 2. The lowest BCUT2D eigenvalue weighted by Crippen LogP contribution is -2.22. The predicted molar refractivity (Wildman–Crippen MR) is 62.6 cm³/mol. The Labute approximate surface area is 106 Å². The zero-order valence-electron chi connectivity index (χ0n) is 8.94. The number of hydroxylamine groups is 1. The summed E-state index contributed by atoms with van der Waals surface area (Å²) in [4.78, 5) is 0. The third-order valence-electron chi connectivity index (χ3n) is 2.54. The van der Waals surface area contributed by atoms with Crippen LogP contribution in [0.4, 0.5) is 14.5 Å². The summed E-state index contributed by atoms with van der Waals surface area (Å²) in [6.45, 7) is -2.46. The highest BCUT2D eigenvalue weighted by atomic mass is 79.9. The summed E-state index contributed by atoms with van der Waals surface area (Å²) in [5.41, 5.74) is 0.256. The maximum absolute atomic E-state index is 12.2. The highest BCUT2D eigenvalue weighted by Crippen LogP contribution is 2.36. The van der Waals surface area contributed by atoms with E-state index in [0.29, 0.717) is 16.9 Å². The van der Waals surface area contributed by atoms with Gasteiger partial charge < -0.3 is 4.74 Å². The van der Waals surface area contributed by atoms with E-state index in [1.807, 2.05) is 0 Å². The number of rotatable bonds is 5. The van der Waals surface area contributed by atoms with Gasteiger partial charge in [0.1, 0.15) is 5.69 Å². The Bertz CT molecular complexity index is 399. The first kappa shape index (κ1) is 12.6. The second-order valence-electron chi connectivity index (χ2n) is 4.02. The smallest absolute Gasteiger partial charge is 0.387 e. The van der Waals surface area contributed by atoms with Gasteiger partial charge in [-0.05, 0) is 37.0 Å². The van der Waals surface area contributed by atoms with Crippen LogP contribution >= 0.6 is 15.9 Å². The van der Waals surface area contributed by atoms with E-state index in [0.717, 1.165) is 17.9 Å². The van der Waals surface area contributed by atoms with Crippen LogP contribution in [0.1, 0.15) is 12.8 Å². The van der Waals surface area contributed by atoms with E-state index in [-0.39, 0.29) is 11.4 Å². The second-order valence-corrected chi connectivity index (χ2v) is 4.93. The van der Waals surface area contributed by atoms with Gasteiger partial charge in [-0.3, -0.25) is 10.3 Å². The van der Waals surface area contributed by atoms with Gasteiger partial charge in [-0.1, -0.05) is 15.9 Å². The van der Waals surface area contributed by atoms with Gasteiger partial charge in [-0.2, -0.15) is 8.78 Å². The van der Waals surface area contributed by atoms with Crippen LogP contribution in [0.5, 0.6) is 5.75 Å². The maximum atomic E-state index is 12.2. The average molecular weight is 308 g/mol. The Morgan fingerprint density at radius 1 is 1.47 bits per heavy atom. The van der Waals surface area contributed by atoms with Crippen molar-refractivity contribution < 1.29 is 18.7 Å². The maximum Gasteiger partial charge on any atom is 0.387 e. The molecule has 1 aliphatic rings. The van der Waals surface area contributed by atoms with Crippen molar-refractivity contribution in [1.82, 2.24) is 0 Å². The topological polar surface area (TPSA) is 32.7 Å². The summed E-state index contributed by atoms with van der Waals surface area (Å²) in [7, 11) is 0. The Morgan fingerprint density at radius 3 is 2.76 bits per heavy atom. The molecule has 94 valence electrons. The summed E-state index contributed by atoms with van der Waals surface area (Å²) in [5.74, 6) is 0.421. The van der Waals surface area contributed by atoms with Crippen LogP contribution in [0.25, 0.3) is 0 Å². The lowest BCUT2D eigenvalue weighted by Gasteiger charge is -2.20. The lowest BCUT2D eigenvalue weighted by atomic mass is 10.2. The molecule has 0 unspecified atom stereocenters. The van der Waals surface area contributed by atoms with Crippen LogP contribution < -0.4 is 9.80 Å². The van der Waals surface area contributed by atoms with Gasteiger partial charge >= 0.3 is 6.61 Å². The number of hydrogen-bond acceptors (Lipinski definition) is 3. The largest absolute Gasteiger partial charge is 0.433 e. The molecule has 6 heteroatoms. The molecule has 1 aromatic rings. The van der Waals surface area contributed by atoms with Crippen molar-refractivity contribution in [2.75, 3.05) is 11.6 Å². The molecule has 1 N–H and O–H groups in total. The third kappa shape index (κ3) is 3.54. The van der Waals surface area contributed by atoms with Crippen LogP contribution in [-0.2, 0) is 0 Å². The quantitative estimate of drug-likeness (QED) is 0.843. The minimum atomic E-state index is -2.90. The summed E-state index contributed by atoms with van der Waals surface area (Å²) >= 11 is 3.23. The number of benzene rings is 1. The van der Waals surface area contributed by atoms with E-state index in [1.165, 1.54) is 6.07 Å². The third-order valence-corrected chi connectivity index (χ3v) is 3.04. The molecular formula is C11H12BrF2NO2. The van der Waals surface area contributed by atoms with Crippen LogP contribution in [0.3, 0.4) is 0 Å². The van der Waals surface area contributed by atoms with E-state index in [4.69, 9.17) is 0 Å². The molecule has 0 amide bonds. The van der Waals surface area contributed by atoms with Crippen LogP contribution in [0, 0.1) is 5.92 Å². The van der Waals surface area contributed by atoms with Crippen molar-refractivity contribution in [1.29, 1.82) is 0 Å². The van der Waals surface area contributed by atoms with Gasteiger partial charge in [-0.15, -0.1) is 0 Å². The molecule has 1 fully saturated rings. The van der Waals surface area contributed by atoms with E-state index in [1.54, 1.807) is 12.1 Å². The Kier molecular flexibility index (Phi) is 3.83. The van der Waals surface area contributed by atoms with E-state index in [9.17, 15) is 14.0 Å². The molecule has 0 spiro atoms. The standard InChI is InChI=1S/C11H12BrF2NO2/c12-8-3-4-10(17-11(13)14)9(5-8)15(16)6-7-1-2-7/h3-5,7,11,16H,1-2,6H2. The van der Waals surface area contributed by atoms with Crippen molar-refractivity contribution in [3.8, 4) is 5.75 Å². The SMILES string of the molecule is ON(CC1CC1)c1cc(Br)ccc1OC(F)F. The summed E-state index contributed by atoms with van der Waals surface area (Å²) in [6, 6.07) is 4.55. The van der Waals surface area contributed by atoms with Crippen LogP contribution in [-0.4, -0.2) is 18.4 Å². The van der Waals surface area contributed by atoms with Gasteiger partial charge in [0.25, 0.3) is 0 Å². The number of nitrogens with zero attached hydrogens (tertiary/aromatic N) is 1. The second kappa shape index (κ2) is 5.18. The summed E-state index contributed by atoms with van der Waals surface area (Å²) < 4.78 is 29.5. The first-order valence-corrected chi connectivity index (χ1v) is 6.06. The first-order chi connectivity index (χ1) is 8.06. The van der Waals surface area contributed by atoms with Crippen molar-refractivity contribution in [3.05, 3.63) is 22.7 Å². The number of hydrogen-bond donors (Lipinski definition) is 1. The van der Waals surface area contributed by atoms with E-state index >= 15 is 0 Å². The highest BCUT2D eigenvalue weighted by Gasteiger charge is 2.25. The Hall–Kier alpha value is -0.880. The zero-order chi connectivity index (χ0) is 12.4. The monoisotopic (exact) mass is 307 g/mol. The van der Waals surface area contributed by atoms with Gasteiger partial charge in [-0.25, -0.2) is 0 Å². The summed E-state index contributed by atoms with van der Waals surface area (Å²) in [6.07, 6.45) is 2.13. The van der Waals surface area contributed by atoms with Crippen LogP contribution in [0.2, 0.25) is 0 Å². The van der Waals surface area contributed by atoms with E-state index < -0.39 is 6.61 Å². The molecule has 0 bridgehead atoms. The number of ether oxygens (including phenoxy) is 1. The molecular weight excluding hydrogens is 296 g/mol. The fraction of sp³-hybridized carbons (Fsp3) is 0.455.